The number of thiophene rings is 1. The van der Waals surface area contributed by atoms with E-state index < -0.39 is 17.0 Å². The fourth-order valence-corrected chi connectivity index (χ4v) is 7.75. The summed E-state index contributed by atoms with van der Waals surface area (Å²) in [6.07, 6.45) is 3.92. The van der Waals surface area contributed by atoms with E-state index in [0.29, 0.717) is 27.8 Å². The van der Waals surface area contributed by atoms with Crippen molar-refractivity contribution < 1.29 is 4.79 Å². The molecule has 0 amide bonds. The van der Waals surface area contributed by atoms with Crippen LogP contribution in [0, 0.1) is 11.3 Å². The molecule has 3 aromatic heterocycles. The van der Waals surface area contributed by atoms with Gasteiger partial charge in [-0.25, -0.2) is 9.78 Å². The molecule has 2 N–H and O–H groups in total. The maximum absolute atomic E-state index is 14.1. The average Bonchev–Trinajstić information content (AvgIpc) is 3.34. The Hall–Kier alpha value is -3.44. The number of benzene rings is 1. The van der Waals surface area contributed by atoms with Gasteiger partial charge in [-0.3, -0.25) is 28.1 Å². The Morgan fingerprint density at radius 2 is 1.83 bits per heavy atom. The normalized spacial score (nSPS) is 15.3. The lowest BCUT2D eigenvalue weighted by molar-refractivity contribution is 0.102. The molecule has 41 heavy (non-hydrogen) atoms. The van der Waals surface area contributed by atoms with Crippen molar-refractivity contribution in [1.82, 2.24) is 18.7 Å². The third-order valence-corrected chi connectivity index (χ3v) is 10.8. The smallest absolute Gasteiger partial charge is 0.332 e. The molecule has 1 aromatic carbocycles. The number of nitrogens with zero attached hydrogens (tertiary/aromatic N) is 4. The fourth-order valence-electron chi connectivity index (χ4n) is 5.54. The van der Waals surface area contributed by atoms with Crippen LogP contribution in [0.5, 0.6) is 0 Å². The van der Waals surface area contributed by atoms with Crippen LogP contribution in [0.4, 0.5) is 5.82 Å². The largest absolute Gasteiger partial charge is 0.384 e. The zero-order valence-corrected chi connectivity index (χ0v) is 25.7. The number of fused-ring (bicyclic) bond motifs is 3. The van der Waals surface area contributed by atoms with Crippen molar-refractivity contribution in [3.63, 3.8) is 0 Å². The number of hydrogen-bond acceptors (Lipinski definition) is 8. The molecule has 9 nitrogen and oxygen atoms in total. The predicted octanol–water partition coefficient (Wildman–Crippen LogP) is 4.00. The molecule has 1 aliphatic carbocycles. The number of aromatic nitrogens is 4. The molecular weight excluding hydrogens is 558 g/mol. The van der Waals surface area contributed by atoms with Gasteiger partial charge >= 0.3 is 5.69 Å². The van der Waals surface area contributed by atoms with Gasteiger partial charge in [-0.2, -0.15) is 0 Å². The molecule has 0 bridgehead atoms. The Bertz CT molecular complexity index is 1830. The van der Waals surface area contributed by atoms with E-state index in [9.17, 15) is 19.2 Å². The van der Waals surface area contributed by atoms with Gasteiger partial charge < -0.3 is 5.73 Å². The van der Waals surface area contributed by atoms with Crippen molar-refractivity contribution in [3.8, 4) is 0 Å². The monoisotopic (exact) mass is 593 g/mol. The summed E-state index contributed by atoms with van der Waals surface area (Å²) in [6.45, 7) is 7.17. The Labute approximate surface area is 246 Å². The number of anilines is 1. The van der Waals surface area contributed by atoms with Crippen molar-refractivity contribution in [3.05, 3.63) is 83.1 Å². The first-order chi connectivity index (χ1) is 19.4. The summed E-state index contributed by atoms with van der Waals surface area (Å²) >= 11 is 2.68. The number of thioether (sulfide) groups is 1. The van der Waals surface area contributed by atoms with Gasteiger partial charge in [0.15, 0.2) is 10.9 Å². The number of rotatable bonds is 8. The molecule has 1 aliphatic rings. The first-order valence-electron chi connectivity index (χ1n) is 13.7. The van der Waals surface area contributed by atoms with Gasteiger partial charge in [-0.05, 0) is 41.7 Å². The minimum atomic E-state index is -0.739. The van der Waals surface area contributed by atoms with Crippen LogP contribution in [0.15, 0.2) is 49.9 Å². The van der Waals surface area contributed by atoms with Crippen LogP contribution in [0.25, 0.3) is 10.2 Å². The van der Waals surface area contributed by atoms with Gasteiger partial charge in [0.2, 0.25) is 0 Å². The molecule has 1 atom stereocenters. The highest BCUT2D eigenvalue weighted by atomic mass is 32.2. The molecule has 4 aromatic rings. The number of nitrogens with two attached hydrogens (primary N) is 1. The molecule has 0 saturated heterocycles. The van der Waals surface area contributed by atoms with Gasteiger partial charge in [0.25, 0.3) is 11.1 Å². The highest BCUT2D eigenvalue weighted by Gasteiger charge is 2.34. The van der Waals surface area contributed by atoms with Crippen LogP contribution in [0.1, 0.15) is 60.0 Å². The minimum absolute atomic E-state index is 0.114. The highest BCUT2D eigenvalue weighted by Crippen LogP contribution is 2.44. The van der Waals surface area contributed by atoms with E-state index in [0.717, 1.165) is 57.7 Å². The average molecular weight is 594 g/mol. The summed E-state index contributed by atoms with van der Waals surface area (Å²) in [5.74, 6) is -0.327. The number of aryl methyl sites for hydroxylation is 1. The van der Waals surface area contributed by atoms with Crippen LogP contribution in [0.2, 0.25) is 0 Å². The lowest BCUT2D eigenvalue weighted by Crippen LogP contribution is -2.41. The zero-order chi connectivity index (χ0) is 29.6. The molecule has 0 fully saturated rings. The number of hydrogen-bond donors (Lipinski definition) is 1. The third kappa shape index (κ3) is 5.21. The number of ketones is 1. The molecule has 0 spiro atoms. The van der Waals surface area contributed by atoms with Crippen molar-refractivity contribution >= 4 is 44.9 Å². The predicted molar refractivity (Wildman–Crippen MR) is 165 cm³/mol. The quantitative estimate of drug-likeness (QED) is 0.186. The van der Waals surface area contributed by atoms with Crippen molar-refractivity contribution in [2.24, 2.45) is 25.4 Å². The van der Waals surface area contributed by atoms with E-state index in [1.54, 1.807) is 15.9 Å². The maximum atomic E-state index is 14.1. The van der Waals surface area contributed by atoms with E-state index >= 15 is 0 Å². The second-order valence-corrected chi connectivity index (χ2v) is 13.4. The molecule has 216 valence electrons. The summed E-state index contributed by atoms with van der Waals surface area (Å²) in [5, 5.41) is 1.09. The number of Topliss-reactive ketones (excluding diaryl/α,β-unsaturated/α-hetero) is 1. The molecule has 0 aliphatic heterocycles. The van der Waals surface area contributed by atoms with Crippen molar-refractivity contribution in [2.75, 3.05) is 11.5 Å². The first-order valence-corrected chi connectivity index (χ1v) is 15.5. The van der Waals surface area contributed by atoms with Gasteiger partial charge in [-0.1, -0.05) is 69.3 Å². The van der Waals surface area contributed by atoms with Gasteiger partial charge in [0.1, 0.15) is 16.2 Å². The zero-order valence-electron chi connectivity index (χ0n) is 24.0. The van der Waals surface area contributed by atoms with Gasteiger partial charge in [0.05, 0.1) is 17.7 Å². The molecular formula is C30H35N5O4S2. The van der Waals surface area contributed by atoms with E-state index in [4.69, 9.17) is 10.7 Å². The van der Waals surface area contributed by atoms with E-state index in [1.165, 1.54) is 19.0 Å². The number of nitrogen functional groups attached to an aromatic ring is 1. The molecule has 3 heterocycles. The van der Waals surface area contributed by atoms with Crippen LogP contribution in [-0.2, 0) is 33.5 Å². The molecule has 5 rings (SSSR count). The third-order valence-electron chi connectivity index (χ3n) is 8.65. The standard InChI is InChI=1S/C30H35N5O4S2/c1-6-30(2,3)18-12-13-19-21(14-18)41-25-22(19)27(38)35(15-17-10-8-7-9-11-17)28(32-25)40-16-20(36)23-24(31)33(4)29(39)34(5)26(23)37/h7-11,18H,6,12-16,31H2,1-5H3. The lowest BCUT2D eigenvalue weighted by Gasteiger charge is -2.36. The van der Waals surface area contributed by atoms with Gasteiger partial charge in [-0.15, -0.1) is 11.3 Å². The van der Waals surface area contributed by atoms with Crippen molar-refractivity contribution in [2.45, 2.75) is 58.2 Å². The SMILES string of the molecule is CCC(C)(C)C1CCc2c(sc3nc(SCC(=O)c4c(N)n(C)c(=O)n(C)c4=O)n(Cc4ccccc4)c(=O)c23)C1. The highest BCUT2D eigenvalue weighted by molar-refractivity contribution is 7.99. The van der Waals surface area contributed by atoms with Crippen LogP contribution in [0.3, 0.4) is 0 Å². The van der Waals surface area contributed by atoms with Crippen LogP contribution >= 0.6 is 23.1 Å². The summed E-state index contributed by atoms with van der Waals surface area (Å²) in [4.78, 5) is 59.2. The topological polar surface area (TPSA) is 122 Å². The summed E-state index contributed by atoms with van der Waals surface area (Å²) < 4.78 is 3.58. The van der Waals surface area contributed by atoms with E-state index in [-0.39, 0.29) is 28.1 Å². The van der Waals surface area contributed by atoms with Crippen molar-refractivity contribution in [1.29, 1.82) is 0 Å². The minimum Gasteiger partial charge on any atom is -0.384 e. The first kappa shape index (κ1) is 29.1. The lowest BCUT2D eigenvalue weighted by atomic mass is 9.70. The molecule has 0 radical (unpaired) electrons. The van der Waals surface area contributed by atoms with Gasteiger partial charge in [0, 0.05) is 19.0 Å². The number of carbonyl (C=O) groups is 1. The molecule has 1 unspecified atom stereocenters. The molecule has 0 saturated carbocycles. The summed E-state index contributed by atoms with van der Waals surface area (Å²) in [5.41, 5.74) is 6.58. The molecule has 11 heteroatoms. The Kier molecular flexibility index (Phi) is 7.86. The summed E-state index contributed by atoms with van der Waals surface area (Å²) in [7, 11) is 2.73. The van der Waals surface area contributed by atoms with E-state index in [2.05, 4.69) is 20.8 Å². The van der Waals surface area contributed by atoms with Crippen LogP contribution in [-0.4, -0.2) is 30.2 Å². The maximum Gasteiger partial charge on any atom is 0.332 e. The Balaban J connectivity index is 1.56. The van der Waals surface area contributed by atoms with Crippen LogP contribution < -0.4 is 22.5 Å². The number of carbonyl (C=O) groups excluding carboxylic acids is 1. The Morgan fingerprint density at radius 3 is 2.51 bits per heavy atom. The van der Waals surface area contributed by atoms with E-state index in [1.807, 2.05) is 30.3 Å². The second kappa shape index (κ2) is 11.1. The Morgan fingerprint density at radius 1 is 1.12 bits per heavy atom. The fraction of sp³-hybridized carbons (Fsp3) is 0.433. The summed E-state index contributed by atoms with van der Waals surface area (Å²) in [6, 6.07) is 9.66. The second-order valence-electron chi connectivity index (χ2n) is 11.4.